The van der Waals surface area contributed by atoms with E-state index in [9.17, 15) is 14.0 Å². The fourth-order valence-electron chi connectivity index (χ4n) is 4.19. The maximum Gasteiger partial charge on any atom is 0.247 e. The highest BCUT2D eigenvalue weighted by Gasteiger charge is 2.38. The van der Waals surface area contributed by atoms with E-state index in [2.05, 4.69) is 44.7 Å². The number of methoxy groups -OCH3 is 1. The van der Waals surface area contributed by atoms with Crippen LogP contribution in [0.4, 0.5) is 21.8 Å². The number of amides is 2. The summed E-state index contributed by atoms with van der Waals surface area (Å²) in [7, 11) is 5.44. The minimum absolute atomic E-state index is 0.170. The Morgan fingerprint density at radius 3 is 2.85 bits per heavy atom. The summed E-state index contributed by atoms with van der Waals surface area (Å²) in [6, 6.07) is 5.53. The number of unbranched alkanes of at least 4 members (excludes halogenated alkanes) is 1. The molecule has 1 aliphatic heterocycles. The molecular formula is C30H40FN7O3. The van der Waals surface area contributed by atoms with E-state index in [-0.39, 0.29) is 23.7 Å². The Morgan fingerprint density at radius 1 is 1.29 bits per heavy atom. The molecule has 2 atom stereocenters. The van der Waals surface area contributed by atoms with E-state index >= 15 is 0 Å². The Hall–Kier alpha value is -4.01. The largest absolute Gasteiger partial charge is 0.380 e. The number of hydrogen-bond acceptors (Lipinski definition) is 8. The van der Waals surface area contributed by atoms with Gasteiger partial charge in [-0.2, -0.15) is 4.98 Å². The predicted octanol–water partition coefficient (Wildman–Crippen LogP) is 3.16. The molecule has 1 aliphatic rings. The molecule has 3 N–H and O–H groups in total. The van der Waals surface area contributed by atoms with Gasteiger partial charge in [-0.05, 0) is 45.1 Å². The van der Waals surface area contributed by atoms with Crippen LogP contribution in [0.3, 0.4) is 0 Å². The van der Waals surface area contributed by atoms with Gasteiger partial charge in [0.2, 0.25) is 17.8 Å². The molecule has 2 aromatic rings. The lowest BCUT2D eigenvalue weighted by Crippen LogP contribution is -2.45. The zero-order valence-corrected chi connectivity index (χ0v) is 24.2. The number of ether oxygens (including phenoxy) is 1. The van der Waals surface area contributed by atoms with E-state index in [1.807, 2.05) is 19.0 Å². The summed E-state index contributed by atoms with van der Waals surface area (Å²) in [5, 5.41) is 9.21. The van der Waals surface area contributed by atoms with Crippen molar-refractivity contribution in [3.63, 3.8) is 0 Å². The molecule has 0 spiro atoms. The van der Waals surface area contributed by atoms with Crippen molar-refractivity contribution in [2.24, 2.45) is 0 Å². The van der Waals surface area contributed by atoms with Gasteiger partial charge in [-0.1, -0.05) is 30.9 Å². The molecule has 41 heavy (non-hydrogen) atoms. The van der Waals surface area contributed by atoms with E-state index in [0.29, 0.717) is 68.5 Å². The van der Waals surface area contributed by atoms with E-state index in [1.54, 1.807) is 36.4 Å². The number of anilines is 3. The molecule has 2 heterocycles. The van der Waals surface area contributed by atoms with E-state index in [4.69, 9.17) is 4.74 Å². The monoisotopic (exact) mass is 565 g/mol. The topological polar surface area (TPSA) is 112 Å². The van der Waals surface area contributed by atoms with Crippen molar-refractivity contribution >= 4 is 29.3 Å². The summed E-state index contributed by atoms with van der Waals surface area (Å²) in [5.74, 6) is 6.44. The Labute approximate surface area is 241 Å². The van der Waals surface area contributed by atoms with Crippen LogP contribution in [0.15, 0.2) is 42.6 Å². The average molecular weight is 566 g/mol. The van der Waals surface area contributed by atoms with E-state index in [1.165, 1.54) is 18.2 Å². The highest BCUT2D eigenvalue weighted by molar-refractivity contribution is 5.93. The second-order valence-corrected chi connectivity index (χ2v) is 9.98. The molecular weight excluding hydrogens is 525 g/mol. The van der Waals surface area contributed by atoms with Gasteiger partial charge in [0.05, 0.1) is 17.9 Å². The first-order chi connectivity index (χ1) is 19.8. The first-order valence-electron chi connectivity index (χ1n) is 13.9. The molecule has 3 rings (SSSR count). The number of likely N-dealkylation sites (N-methyl/N-ethyl adjacent to an activating group) is 1. The molecule has 0 radical (unpaired) electrons. The smallest absolute Gasteiger partial charge is 0.247 e. The highest BCUT2D eigenvalue weighted by atomic mass is 19.1. The minimum atomic E-state index is -0.564. The summed E-state index contributed by atoms with van der Waals surface area (Å²) in [6.07, 6.45) is 7.34. The first-order valence-corrected chi connectivity index (χ1v) is 13.9. The van der Waals surface area contributed by atoms with Gasteiger partial charge in [-0.25, -0.2) is 9.37 Å². The Balaban J connectivity index is 1.53. The van der Waals surface area contributed by atoms with Crippen LogP contribution >= 0.6 is 0 Å². The Morgan fingerprint density at radius 2 is 2.12 bits per heavy atom. The number of aromatic nitrogens is 2. The number of nitrogens with zero attached hydrogens (tertiary/aromatic N) is 4. The third-order valence-electron chi connectivity index (χ3n) is 6.33. The van der Waals surface area contributed by atoms with Crippen LogP contribution in [0, 0.1) is 17.7 Å². The van der Waals surface area contributed by atoms with Gasteiger partial charge in [-0.15, -0.1) is 0 Å². The number of carbonyl (C=O) groups excluding carboxylic acids is 2. The summed E-state index contributed by atoms with van der Waals surface area (Å²) in [4.78, 5) is 38.0. The minimum Gasteiger partial charge on any atom is -0.380 e. The zero-order chi connectivity index (χ0) is 29.6. The van der Waals surface area contributed by atoms with Crippen LogP contribution in [0.2, 0.25) is 0 Å². The predicted molar refractivity (Wildman–Crippen MR) is 158 cm³/mol. The molecule has 220 valence electrons. The van der Waals surface area contributed by atoms with Gasteiger partial charge in [-0.3, -0.25) is 9.59 Å². The van der Waals surface area contributed by atoms with Crippen molar-refractivity contribution in [1.82, 2.24) is 25.1 Å². The Kier molecular flexibility index (Phi) is 12.5. The van der Waals surface area contributed by atoms with Gasteiger partial charge in [0.25, 0.3) is 0 Å². The molecule has 2 amide bonds. The Bertz CT molecular complexity index is 1260. The second kappa shape index (κ2) is 16.3. The van der Waals surface area contributed by atoms with Gasteiger partial charge < -0.3 is 30.5 Å². The van der Waals surface area contributed by atoms with Gasteiger partial charge in [0.15, 0.2) is 0 Å². The lowest BCUT2D eigenvalue weighted by molar-refractivity contribution is -0.135. The van der Waals surface area contributed by atoms with E-state index < -0.39 is 6.04 Å². The van der Waals surface area contributed by atoms with Gasteiger partial charge in [0, 0.05) is 57.9 Å². The molecule has 11 heteroatoms. The molecule has 1 aromatic heterocycles. The number of benzene rings is 1. The number of carbonyl (C=O) groups is 2. The van der Waals surface area contributed by atoms with Crippen LogP contribution < -0.4 is 16.0 Å². The normalized spacial score (nSPS) is 16.5. The highest BCUT2D eigenvalue weighted by Crippen LogP contribution is 2.21. The molecule has 0 aliphatic carbocycles. The third kappa shape index (κ3) is 10.2. The zero-order valence-electron chi connectivity index (χ0n) is 24.2. The average Bonchev–Trinajstić information content (AvgIpc) is 3.39. The SMILES string of the molecule is CCCNc1nc(Nc2cccc(F)c2)ncc1C#CCCCNC(=O)[C@@H]1C[C@@H](OC)CN1C(=O)/C=C/CN(C)C. The molecule has 0 unspecified atom stereocenters. The van der Waals surface area contributed by atoms with Crippen LogP contribution in [-0.2, 0) is 14.3 Å². The van der Waals surface area contributed by atoms with Crippen molar-refractivity contribution < 1.29 is 18.7 Å². The van der Waals surface area contributed by atoms with Crippen LogP contribution in [-0.4, -0.2) is 91.1 Å². The third-order valence-corrected chi connectivity index (χ3v) is 6.33. The van der Waals surface area contributed by atoms with Crippen molar-refractivity contribution in [3.8, 4) is 11.8 Å². The van der Waals surface area contributed by atoms with Crippen LogP contribution in [0.5, 0.6) is 0 Å². The van der Waals surface area contributed by atoms with E-state index in [0.717, 1.165) is 6.42 Å². The summed E-state index contributed by atoms with van der Waals surface area (Å²) < 4.78 is 18.9. The van der Waals surface area contributed by atoms with Gasteiger partial charge >= 0.3 is 0 Å². The molecule has 1 saturated heterocycles. The fraction of sp³-hybridized carbons (Fsp3) is 0.467. The standard InChI is InChI=1S/C30H40FN7O3/c1-5-15-32-28-22(20-34-30(36-28)35-24-13-9-12-23(31)18-24)11-7-6-8-16-33-29(40)26-19-25(41-4)21-38(26)27(39)14-10-17-37(2)3/h9-10,12-14,18,20,25-26H,5-6,8,15-17,19,21H2,1-4H3,(H,33,40)(H2,32,34,35,36)/b14-10+/t25-,26+/m1/s1. The van der Waals surface area contributed by atoms with Crippen LogP contribution in [0.25, 0.3) is 0 Å². The molecule has 1 fully saturated rings. The number of halogens is 1. The van der Waals surface area contributed by atoms with Crippen LogP contribution in [0.1, 0.15) is 38.2 Å². The molecule has 0 bridgehead atoms. The first kappa shape index (κ1) is 31.5. The van der Waals surface area contributed by atoms with Crippen molar-refractivity contribution in [3.05, 3.63) is 54.0 Å². The quantitative estimate of drug-likeness (QED) is 0.193. The number of likely N-dealkylation sites (tertiary alicyclic amines) is 1. The summed E-state index contributed by atoms with van der Waals surface area (Å²) >= 11 is 0. The number of rotatable bonds is 13. The second-order valence-electron chi connectivity index (χ2n) is 9.98. The number of nitrogens with one attached hydrogen (secondary N) is 3. The fourth-order valence-corrected chi connectivity index (χ4v) is 4.19. The summed E-state index contributed by atoms with van der Waals surface area (Å²) in [5.41, 5.74) is 1.20. The van der Waals surface area contributed by atoms with Crippen molar-refractivity contribution in [2.45, 2.75) is 44.8 Å². The van der Waals surface area contributed by atoms with Gasteiger partial charge in [0.1, 0.15) is 17.7 Å². The lowest BCUT2D eigenvalue weighted by Gasteiger charge is -2.22. The van der Waals surface area contributed by atoms with Crippen molar-refractivity contribution in [2.75, 3.05) is 58.0 Å². The molecule has 1 aromatic carbocycles. The molecule has 0 saturated carbocycles. The van der Waals surface area contributed by atoms with Crippen molar-refractivity contribution in [1.29, 1.82) is 0 Å². The molecule has 10 nitrogen and oxygen atoms in total. The maximum absolute atomic E-state index is 13.5. The maximum atomic E-state index is 13.5. The summed E-state index contributed by atoms with van der Waals surface area (Å²) in [6.45, 7) is 4.24. The number of hydrogen-bond donors (Lipinski definition) is 3. The lowest BCUT2D eigenvalue weighted by atomic mass is 10.1.